The van der Waals surface area contributed by atoms with Gasteiger partial charge in [0.1, 0.15) is 6.04 Å². The van der Waals surface area contributed by atoms with Gasteiger partial charge in [0.25, 0.3) is 0 Å². The third kappa shape index (κ3) is 3.20. The van der Waals surface area contributed by atoms with Crippen LogP contribution in [0.3, 0.4) is 0 Å². The van der Waals surface area contributed by atoms with E-state index in [0.717, 1.165) is 0 Å². The highest BCUT2D eigenvalue weighted by Crippen LogP contribution is 2.21. The lowest BCUT2D eigenvalue weighted by molar-refractivity contribution is -0.141. The van der Waals surface area contributed by atoms with Crippen LogP contribution in [0.25, 0.3) is 5.65 Å². The maximum Gasteiger partial charge on any atom is 0.325 e. The molecule has 1 atom stereocenters. The first-order valence-electron chi connectivity index (χ1n) is 5.71. The van der Waals surface area contributed by atoms with Gasteiger partial charge in [0.15, 0.2) is 5.65 Å². The number of halogens is 2. The third-order valence-corrected chi connectivity index (χ3v) is 3.10. The number of rotatable bonds is 4. The van der Waals surface area contributed by atoms with Gasteiger partial charge < -0.3 is 14.8 Å². The first kappa shape index (κ1) is 14.6. The van der Waals surface area contributed by atoms with E-state index in [1.165, 1.54) is 6.92 Å². The highest BCUT2D eigenvalue weighted by Gasteiger charge is 2.15. The molecule has 0 saturated heterocycles. The zero-order chi connectivity index (χ0) is 14.9. The summed E-state index contributed by atoms with van der Waals surface area (Å²) in [5.41, 5.74) is 0.967. The molecule has 0 aliphatic carbocycles. The Balaban J connectivity index is 2.16. The predicted molar refractivity (Wildman–Crippen MR) is 74.2 cm³/mol. The number of aliphatic carboxylic acids is 1. The maximum atomic E-state index is 11.7. The Hall–Kier alpha value is -1.79. The number of pyridine rings is 1. The van der Waals surface area contributed by atoms with Gasteiger partial charge in [-0.2, -0.15) is 0 Å². The number of hydrogen-bond acceptors (Lipinski definition) is 3. The Morgan fingerprint density at radius 3 is 2.80 bits per heavy atom. The molecule has 0 saturated carbocycles. The van der Waals surface area contributed by atoms with Crippen LogP contribution in [0.15, 0.2) is 18.5 Å². The molecule has 1 amide bonds. The normalized spacial score (nSPS) is 12.3. The van der Waals surface area contributed by atoms with Crippen LogP contribution in [0.5, 0.6) is 0 Å². The number of amides is 1. The number of nitrogens with one attached hydrogen (secondary N) is 1. The van der Waals surface area contributed by atoms with Crippen LogP contribution < -0.4 is 5.32 Å². The lowest BCUT2D eigenvalue weighted by Gasteiger charge is -2.07. The molecule has 0 aliphatic heterocycles. The van der Waals surface area contributed by atoms with Crippen molar-refractivity contribution in [2.24, 2.45) is 0 Å². The van der Waals surface area contributed by atoms with E-state index < -0.39 is 17.9 Å². The lowest BCUT2D eigenvalue weighted by Crippen LogP contribution is -2.39. The largest absolute Gasteiger partial charge is 0.480 e. The molecule has 2 rings (SSSR count). The lowest BCUT2D eigenvalue weighted by atomic mass is 10.3. The Bertz CT molecular complexity index is 684. The molecule has 20 heavy (non-hydrogen) atoms. The van der Waals surface area contributed by atoms with Crippen molar-refractivity contribution >= 4 is 40.7 Å². The van der Waals surface area contributed by atoms with E-state index in [-0.39, 0.29) is 6.42 Å². The number of carboxylic acid groups (broad SMARTS) is 1. The van der Waals surface area contributed by atoms with Crippen LogP contribution in [0.4, 0.5) is 0 Å². The molecule has 6 nitrogen and oxygen atoms in total. The van der Waals surface area contributed by atoms with E-state index in [1.807, 2.05) is 0 Å². The summed E-state index contributed by atoms with van der Waals surface area (Å²) >= 11 is 11.9. The molecule has 2 aromatic rings. The Morgan fingerprint density at radius 1 is 1.45 bits per heavy atom. The van der Waals surface area contributed by atoms with E-state index in [4.69, 9.17) is 28.3 Å². The van der Waals surface area contributed by atoms with Gasteiger partial charge in [-0.15, -0.1) is 0 Å². The van der Waals surface area contributed by atoms with Crippen LogP contribution in [-0.4, -0.2) is 32.4 Å². The summed E-state index contributed by atoms with van der Waals surface area (Å²) in [7, 11) is 0. The van der Waals surface area contributed by atoms with Crippen molar-refractivity contribution in [3.8, 4) is 0 Å². The van der Waals surface area contributed by atoms with Crippen LogP contribution >= 0.6 is 23.2 Å². The van der Waals surface area contributed by atoms with E-state index in [9.17, 15) is 9.59 Å². The molecule has 106 valence electrons. The first-order chi connectivity index (χ1) is 9.36. The molecule has 0 bridgehead atoms. The average molecular weight is 316 g/mol. The number of hydrogen-bond donors (Lipinski definition) is 2. The fraction of sp³-hybridized carbons (Fsp3) is 0.250. The second-order valence-electron chi connectivity index (χ2n) is 4.27. The molecule has 0 aliphatic rings. The van der Waals surface area contributed by atoms with E-state index in [2.05, 4.69) is 10.3 Å². The number of nitrogens with zero attached hydrogens (tertiary/aromatic N) is 2. The van der Waals surface area contributed by atoms with E-state index >= 15 is 0 Å². The molecule has 2 N–H and O–H groups in total. The SMILES string of the molecule is C[C@@H](NC(=O)Cc1cn2cc(Cl)cc(Cl)c2n1)C(=O)O. The van der Waals surface area contributed by atoms with Gasteiger partial charge in [-0.1, -0.05) is 23.2 Å². The second kappa shape index (κ2) is 5.68. The summed E-state index contributed by atoms with van der Waals surface area (Å²) in [6, 6.07) is 0.611. The summed E-state index contributed by atoms with van der Waals surface area (Å²) in [5.74, 6) is -1.52. The summed E-state index contributed by atoms with van der Waals surface area (Å²) in [6.45, 7) is 1.39. The number of carbonyl (C=O) groups is 2. The van der Waals surface area contributed by atoms with Gasteiger partial charge in [0.2, 0.25) is 5.91 Å². The van der Waals surface area contributed by atoms with Crippen molar-refractivity contribution in [2.45, 2.75) is 19.4 Å². The monoisotopic (exact) mass is 315 g/mol. The van der Waals surface area contributed by atoms with Crippen LogP contribution in [0.1, 0.15) is 12.6 Å². The summed E-state index contributed by atoms with van der Waals surface area (Å²) in [4.78, 5) is 26.5. The number of fused-ring (bicyclic) bond motifs is 1. The molecule has 8 heteroatoms. The van der Waals surface area contributed by atoms with Gasteiger partial charge >= 0.3 is 5.97 Å². The predicted octanol–water partition coefficient (Wildman–Crippen LogP) is 1.77. The van der Waals surface area contributed by atoms with Crippen molar-refractivity contribution in [1.29, 1.82) is 0 Å². The Labute approximate surface area is 124 Å². The molecule has 0 fully saturated rings. The van der Waals surface area contributed by atoms with Crippen LogP contribution in [0, 0.1) is 0 Å². The standard InChI is InChI=1S/C12H11Cl2N3O3/c1-6(12(19)20)15-10(18)3-8-5-17-4-7(13)2-9(14)11(17)16-8/h2,4-6H,3H2,1H3,(H,15,18)(H,19,20)/t6-/m1/s1. The van der Waals surface area contributed by atoms with Gasteiger partial charge in [0, 0.05) is 12.4 Å². The summed E-state index contributed by atoms with van der Waals surface area (Å²) < 4.78 is 1.62. The number of imidazole rings is 1. The van der Waals surface area contributed by atoms with Crippen molar-refractivity contribution in [2.75, 3.05) is 0 Å². The second-order valence-corrected chi connectivity index (χ2v) is 5.12. The first-order valence-corrected chi connectivity index (χ1v) is 6.47. The molecule has 0 aromatic carbocycles. The maximum absolute atomic E-state index is 11.7. The van der Waals surface area contributed by atoms with Crippen LogP contribution in [-0.2, 0) is 16.0 Å². The molecular weight excluding hydrogens is 305 g/mol. The Morgan fingerprint density at radius 2 is 2.15 bits per heavy atom. The highest BCUT2D eigenvalue weighted by molar-refractivity contribution is 6.36. The van der Waals surface area contributed by atoms with Gasteiger partial charge in [-0.3, -0.25) is 9.59 Å². The van der Waals surface area contributed by atoms with Crippen LogP contribution in [0.2, 0.25) is 10.0 Å². The minimum absolute atomic E-state index is 0.0345. The van der Waals surface area contributed by atoms with Crippen molar-refractivity contribution in [3.05, 3.63) is 34.2 Å². The smallest absolute Gasteiger partial charge is 0.325 e. The zero-order valence-corrected chi connectivity index (χ0v) is 11.9. The summed E-state index contributed by atoms with van der Waals surface area (Å²) in [5, 5.41) is 11.9. The van der Waals surface area contributed by atoms with Gasteiger partial charge in [-0.05, 0) is 13.0 Å². The van der Waals surface area contributed by atoms with Crippen molar-refractivity contribution in [3.63, 3.8) is 0 Å². The quantitative estimate of drug-likeness (QED) is 0.900. The fourth-order valence-electron chi connectivity index (χ4n) is 1.68. The molecule has 0 unspecified atom stereocenters. The Kier molecular flexibility index (Phi) is 4.15. The number of carbonyl (C=O) groups excluding carboxylic acids is 1. The minimum Gasteiger partial charge on any atom is -0.480 e. The highest BCUT2D eigenvalue weighted by atomic mass is 35.5. The van der Waals surface area contributed by atoms with E-state index in [0.29, 0.717) is 21.4 Å². The number of aromatic nitrogens is 2. The molecule has 0 radical (unpaired) electrons. The van der Waals surface area contributed by atoms with Gasteiger partial charge in [0.05, 0.1) is 22.2 Å². The third-order valence-electron chi connectivity index (χ3n) is 2.61. The minimum atomic E-state index is -1.09. The summed E-state index contributed by atoms with van der Waals surface area (Å²) in [6.07, 6.45) is 3.21. The molecular formula is C12H11Cl2N3O3. The van der Waals surface area contributed by atoms with Gasteiger partial charge in [-0.25, -0.2) is 4.98 Å². The van der Waals surface area contributed by atoms with Crippen molar-refractivity contribution in [1.82, 2.24) is 14.7 Å². The fourth-order valence-corrected chi connectivity index (χ4v) is 2.21. The zero-order valence-electron chi connectivity index (χ0n) is 10.4. The molecule has 2 heterocycles. The molecule has 0 spiro atoms. The molecule has 2 aromatic heterocycles. The van der Waals surface area contributed by atoms with E-state index in [1.54, 1.807) is 22.9 Å². The number of carboxylic acids is 1. The topological polar surface area (TPSA) is 83.7 Å². The van der Waals surface area contributed by atoms with Crippen molar-refractivity contribution < 1.29 is 14.7 Å². The average Bonchev–Trinajstić information content (AvgIpc) is 2.71.